The molecule has 4 aliphatic rings. The van der Waals surface area contributed by atoms with E-state index in [1.165, 1.54) is 10.5 Å². The molecule has 3 amide bonds. The van der Waals surface area contributed by atoms with Gasteiger partial charge in [0.1, 0.15) is 6.04 Å². The highest BCUT2D eigenvalue weighted by atomic mass is 16.2. The Morgan fingerprint density at radius 1 is 1.15 bits per heavy atom. The van der Waals surface area contributed by atoms with Crippen LogP contribution in [0.15, 0.2) is 35.9 Å². The number of nitrogens with zero attached hydrogens (tertiary/aromatic N) is 2. The van der Waals surface area contributed by atoms with Gasteiger partial charge in [-0.2, -0.15) is 0 Å². The number of likely N-dealkylation sites (tertiary alicyclic amines) is 1. The third-order valence-corrected chi connectivity index (χ3v) is 7.10. The molecule has 2 heterocycles. The molecular formula is C22H24N2O3. The van der Waals surface area contributed by atoms with Gasteiger partial charge in [-0.25, -0.2) is 0 Å². The average Bonchev–Trinajstić information content (AvgIpc) is 3.34. The number of carbonyl (C=O) groups is 3. The van der Waals surface area contributed by atoms with Crippen LogP contribution in [0.5, 0.6) is 0 Å². The maximum atomic E-state index is 13.3. The first-order chi connectivity index (χ1) is 12.9. The molecule has 0 aromatic heterocycles. The highest BCUT2D eigenvalue weighted by Gasteiger charge is 2.62. The van der Waals surface area contributed by atoms with Gasteiger partial charge in [-0.3, -0.25) is 19.3 Å². The molecule has 2 aliphatic heterocycles. The lowest BCUT2D eigenvalue weighted by molar-refractivity contribution is -0.147. The molecule has 27 heavy (non-hydrogen) atoms. The number of carbonyl (C=O) groups excluding carboxylic acids is 3. The molecule has 5 heteroatoms. The maximum absolute atomic E-state index is 13.3. The summed E-state index contributed by atoms with van der Waals surface area (Å²) >= 11 is 0. The van der Waals surface area contributed by atoms with Gasteiger partial charge < -0.3 is 4.90 Å². The minimum Gasteiger partial charge on any atom is -0.307 e. The molecule has 140 valence electrons. The highest BCUT2D eigenvalue weighted by Crippen LogP contribution is 2.55. The van der Waals surface area contributed by atoms with Crippen molar-refractivity contribution in [3.8, 4) is 0 Å². The summed E-state index contributed by atoms with van der Waals surface area (Å²) in [5, 5.41) is 0. The van der Waals surface area contributed by atoms with Crippen LogP contribution in [0.1, 0.15) is 32.8 Å². The molecule has 1 aromatic rings. The summed E-state index contributed by atoms with van der Waals surface area (Å²) in [6, 6.07) is 7.15. The standard InChI is InChI=1S/C22H24N2O3/c1-11-8-15-10-16(11)19-18(15)21(26)24(22(19)27)13(3)20(25)23-12(2)9-14-6-4-5-7-17(14)23/h4-8,12-13,15-16,18-19H,9-10H2,1-3H3. The fraction of sp³-hybridized carbons (Fsp3) is 0.500. The van der Waals surface area contributed by atoms with Gasteiger partial charge in [0.25, 0.3) is 0 Å². The zero-order chi connectivity index (χ0) is 19.0. The van der Waals surface area contributed by atoms with E-state index < -0.39 is 6.04 Å². The molecule has 5 nitrogen and oxygen atoms in total. The van der Waals surface area contributed by atoms with Gasteiger partial charge >= 0.3 is 0 Å². The van der Waals surface area contributed by atoms with E-state index in [4.69, 9.17) is 0 Å². The Morgan fingerprint density at radius 2 is 1.85 bits per heavy atom. The molecule has 0 spiro atoms. The number of hydrogen-bond acceptors (Lipinski definition) is 3. The van der Waals surface area contributed by atoms with Crippen molar-refractivity contribution in [3.63, 3.8) is 0 Å². The van der Waals surface area contributed by atoms with E-state index >= 15 is 0 Å². The quantitative estimate of drug-likeness (QED) is 0.599. The van der Waals surface area contributed by atoms with Crippen LogP contribution in [-0.4, -0.2) is 34.7 Å². The third kappa shape index (κ3) is 2.08. The van der Waals surface area contributed by atoms with Crippen molar-refractivity contribution >= 4 is 23.4 Å². The van der Waals surface area contributed by atoms with Crippen molar-refractivity contribution in [2.24, 2.45) is 23.7 Å². The number of benzene rings is 1. The average molecular weight is 364 g/mol. The molecule has 6 unspecified atom stereocenters. The van der Waals surface area contributed by atoms with E-state index in [0.29, 0.717) is 0 Å². The lowest BCUT2D eigenvalue weighted by atomic mass is 9.82. The topological polar surface area (TPSA) is 57.7 Å². The molecular weight excluding hydrogens is 340 g/mol. The molecule has 1 saturated heterocycles. The summed E-state index contributed by atoms with van der Waals surface area (Å²) in [7, 11) is 0. The molecule has 2 aliphatic carbocycles. The second kappa shape index (κ2) is 5.54. The number of allylic oxidation sites excluding steroid dienone is 2. The van der Waals surface area contributed by atoms with Crippen LogP contribution >= 0.6 is 0 Å². The number of imide groups is 1. The number of rotatable bonds is 2. The summed E-state index contributed by atoms with van der Waals surface area (Å²) in [6.45, 7) is 5.77. The van der Waals surface area contributed by atoms with Gasteiger partial charge in [-0.15, -0.1) is 0 Å². The minimum atomic E-state index is -0.760. The Bertz CT molecular complexity index is 905. The van der Waals surface area contributed by atoms with E-state index in [9.17, 15) is 14.4 Å². The van der Waals surface area contributed by atoms with Crippen LogP contribution in [0.2, 0.25) is 0 Å². The number of para-hydroxylation sites is 1. The van der Waals surface area contributed by atoms with Crippen molar-refractivity contribution < 1.29 is 14.4 Å². The number of anilines is 1. The Hall–Kier alpha value is -2.43. The number of amides is 3. The van der Waals surface area contributed by atoms with E-state index in [-0.39, 0.29) is 47.4 Å². The fourth-order valence-electron chi connectivity index (χ4n) is 5.89. The van der Waals surface area contributed by atoms with Gasteiger partial charge in [0, 0.05) is 11.7 Å². The largest absolute Gasteiger partial charge is 0.307 e. The zero-order valence-corrected chi connectivity index (χ0v) is 15.9. The van der Waals surface area contributed by atoms with Gasteiger partial charge in [0.15, 0.2) is 0 Å². The highest BCUT2D eigenvalue weighted by molar-refractivity contribution is 6.11. The van der Waals surface area contributed by atoms with Crippen molar-refractivity contribution in [1.29, 1.82) is 0 Å². The monoisotopic (exact) mass is 364 g/mol. The van der Waals surface area contributed by atoms with Crippen molar-refractivity contribution in [2.45, 2.75) is 45.7 Å². The smallest absolute Gasteiger partial charge is 0.250 e. The Kier molecular flexibility index (Phi) is 3.43. The molecule has 2 bridgehead atoms. The van der Waals surface area contributed by atoms with Crippen LogP contribution in [0, 0.1) is 23.7 Å². The minimum absolute atomic E-state index is 0.0322. The summed E-state index contributed by atoms with van der Waals surface area (Å²) in [5.41, 5.74) is 3.27. The first-order valence-corrected chi connectivity index (χ1v) is 9.86. The lowest BCUT2D eigenvalue weighted by Crippen LogP contribution is -2.51. The van der Waals surface area contributed by atoms with Gasteiger partial charge in [0.2, 0.25) is 17.7 Å². The summed E-state index contributed by atoms with van der Waals surface area (Å²) in [5.74, 6) is -0.638. The third-order valence-electron chi connectivity index (χ3n) is 7.10. The maximum Gasteiger partial charge on any atom is 0.250 e. The summed E-state index contributed by atoms with van der Waals surface area (Å²) in [4.78, 5) is 42.6. The first-order valence-electron chi connectivity index (χ1n) is 9.86. The second-order valence-corrected chi connectivity index (χ2v) is 8.58. The van der Waals surface area contributed by atoms with E-state index in [1.54, 1.807) is 11.8 Å². The van der Waals surface area contributed by atoms with Crippen LogP contribution in [-0.2, 0) is 20.8 Å². The number of fused-ring (bicyclic) bond motifs is 6. The van der Waals surface area contributed by atoms with Crippen LogP contribution in [0.4, 0.5) is 5.69 Å². The van der Waals surface area contributed by atoms with Gasteiger partial charge in [0.05, 0.1) is 11.8 Å². The molecule has 1 saturated carbocycles. The van der Waals surface area contributed by atoms with E-state index in [1.807, 2.05) is 31.2 Å². The number of hydrogen-bond donors (Lipinski definition) is 0. The predicted octanol–water partition coefficient (Wildman–Crippen LogP) is 2.55. The SMILES string of the molecule is CC1=CC2CC1C1C(=O)N(C(C)C(=O)N3c4ccccc4CC3C)C(=O)C21. The van der Waals surface area contributed by atoms with Crippen molar-refractivity contribution in [1.82, 2.24) is 4.90 Å². The Balaban J connectivity index is 1.44. The predicted molar refractivity (Wildman–Crippen MR) is 101 cm³/mol. The Labute approximate surface area is 159 Å². The zero-order valence-electron chi connectivity index (χ0n) is 15.9. The van der Waals surface area contributed by atoms with Crippen LogP contribution in [0.3, 0.4) is 0 Å². The van der Waals surface area contributed by atoms with Crippen LogP contribution < -0.4 is 4.90 Å². The fourth-order valence-corrected chi connectivity index (χ4v) is 5.89. The molecule has 0 radical (unpaired) electrons. The molecule has 2 fully saturated rings. The second-order valence-electron chi connectivity index (χ2n) is 8.58. The van der Waals surface area contributed by atoms with Gasteiger partial charge in [-0.05, 0) is 57.1 Å². The summed E-state index contributed by atoms with van der Waals surface area (Å²) < 4.78 is 0. The Morgan fingerprint density at radius 3 is 2.63 bits per heavy atom. The van der Waals surface area contributed by atoms with Crippen LogP contribution in [0.25, 0.3) is 0 Å². The molecule has 0 N–H and O–H groups in total. The normalized spacial score (nSPS) is 34.8. The van der Waals surface area contributed by atoms with E-state index in [0.717, 1.165) is 24.1 Å². The molecule has 1 aromatic carbocycles. The van der Waals surface area contributed by atoms with E-state index in [2.05, 4.69) is 13.0 Å². The van der Waals surface area contributed by atoms with Crippen molar-refractivity contribution in [3.05, 3.63) is 41.5 Å². The molecule has 5 rings (SSSR count). The van der Waals surface area contributed by atoms with Crippen molar-refractivity contribution in [2.75, 3.05) is 4.90 Å². The lowest BCUT2D eigenvalue weighted by Gasteiger charge is -2.30. The first kappa shape index (κ1) is 16.7. The summed E-state index contributed by atoms with van der Waals surface area (Å²) in [6.07, 6.45) is 3.87. The van der Waals surface area contributed by atoms with Gasteiger partial charge in [-0.1, -0.05) is 29.8 Å². The molecule has 6 atom stereocenters.